The summed E-state index contributed by atoms with van der Waals surface area (Å²) in [5.41, 5.74) is 2.88. The third-order valence-electron chi connectivity index (χ3n) is 4.67. The van der Waals surface area contributed by atoms with Crippen molar-refractivity contribution in [2.24, 2.45) is 5.92 Å². The second kappa shape index (κ2) is 10.0. The molecule has 0 radical (unpaired) electrons. The van der Waals surface area contributed by atoms with Gasteiger partial charge in [0.1, 0.15) is 6.10 Å². The molecule has 1 fully saturated rings. The molecule has 1 saturated carbocycles. The number of halogens is 3. The monoisotopic (exact) mass is 386 g/mol. The number of aromatic nitrogens is 3. The number of aryl methyl sites for hydroxylation is 1. The highest BCUT2D eigenvalue weighted by Crippen LogP contribution is 2.37. The van der Waals surface area contributed by atoms with Crippen molar-refractivity contribution in [1.82, 2.24) is 19.9 Å². The summed E-state index contributed by atoms with van der Waals surface area (Å²) >= 11 is 0. The van der Waals surface area contributed by atoms with Crippen LogP contribution in [0.2, 0.25) is 0 Å². The van der Waals surface area contributed by atoms with E-state index in [1.807, 2.05) is 37.5 Å². The SMILES string of the molecule is CCOC(CNC)c1cc(C)nc2ccnn12.FC(F)(F)C1CCCCC1. The van der Waals surface area contributed by atoms with Gasteiger partial charge in [0.2, 0.25) is 0 Å². The molecule has 0 amide bonds. The fraction of sp³-hybridized carbons (Fsp3) is 0.684. The normalized spacial score (nSPS) is 16.8. The molecule has 1 unspecified atom stereocenters. The zero-order valence-corrected chi connectivity index (χ0v) is 16.2. The second-order valence-corrected chi connectivity index (χ2v) is 6.80. The lowest BCUT2D eigenvalue weighted by atomic mass is 9.89. The molecule has 1 aliphatic rings. The number of hydrogen-bond acceptors (Lipinski definition) is 4. The lowest BCUT2D eigenvalue weighted by Gasteiger charge is -2.23. The fourth-order valence-electron chi connectivity index (χ4n) is 3.36. The van der Waals surface area contributed by atoms with Gasteiger partial charge in [-0.25, -0.2) is 9.50 Å². The zero-order valence-electron chi connectivity index (χ0n) is 16.2. The molecule has 0 aliphatic heterocycles. The minimum absolute atomic E-state index is 0.00546. The highest BCUT2D eigenvalue weighted by molar-refractivity contribution is 5.39. The van der Waals surface area contributed by atoms with Gasteiger partial charge < -0.3 is 10.1 Å². The van der Waals surface area contributed by atoms with Crippen molar-refractivity contribution in [1.29, 1.82) is 0 Å². The van der Waals surface area contributed by atoms with Crippen LogP contribution in [0, 0.1) is 12.8 Å². The topological polar surface area (TPSA) is 51.5 Å². The van der Waals surface area contributed by atoms with Crippen LogP contribution >= 0.6 is 0 Å². The third-order valence-corrected chi connectivity index (χ3v) is 4.67. The number of fused-ring (bicyclic) bond motifs is 1. The molecule has 0 aromatic carbocycles. The van der Waals surface area contributed by atoms with E-state index in [0.29, 0.717) is 19.4 Å². The number of likely N-dealkylation sites (N-methyl/N-ethyl adjacent to an activating group) is 1. The average Bonchev–Trinajstić information content (AvgIpc) is 3.10. The van der Waals surface area contributed by atoms with Crippen molar-refractivity contribution in [3.05, 3.63) is 29.7 Å². The lowest BCUT2D eigenvalue weighted by Crippen LogP contribution is -2.24. The van der Waals surface area contributed by atoms with E-state index in [2.05, 4.69) is 15.4 Å². The molecule has 0 spiro atoms. The number of alkyl halides is 3. The first-order valence-electron chi connectivity index (χ1n) is 9.51. The van der Waals surface area contributed by atoms with E-state index in [0.717, 1.165) is 42.8 Å². The maximum Gasteiger partial charge on any atom is 0.391 e. The summed E-state index contributed by atoms with van der Waals surface area (Å²) in [5.74, 6) is -0.999. The van der Waals surface area contributed by atoms with Gasteiger partial charge in [0.05, 0.1) is 17.8 Å². The quantitative estimate of drug-likeness (QED) is 0.824. The Hall–Kier alpha value is -1.67. The average molecular weight is 386 g/mol. The van der Waals surface area contributed by atoms with E-state index in [1.165, 1.54) is 0 Å². The smallest absolute Gasteiger partial charge is 0.371 e. The van der Waals surface area contributed by atoms with Crippen molar-refractivity contribution in [2.75, 3.05) is 20.2 Å². The van der Waals surface area contributed by atoms with Gasteiger partial charge in [-0.05, 0) is 39.8 Å². The first-order chi connectivity index (χ1) is 12.9. The van der Waals surface area contributed by atoms with E-state index in [4.69, 9.17) is 4.74 Å². The highest BCUT2D eigenvalue weighted by Gasteiger charge is 2.39. The summed E-state index contributed by atoms with van der Waals surface area (Å²) in [4.78, 5) is 4.42. The summed E-state index contributed by atoms with van der Waals surface area (Å²) in [6.07, 6.45) is 1.01. The van der Waals surface area contributed by atoms with Gasteiger partial charge in [0.25, 0.3) is 0 Å². The predicted molar refractivity (Wildman–Crippen MR) is 98.6 cm³/mol. The molecule has 5 nitrogen and oxygen atoms in total. The molecule has 152 valence electrons. The molecule has 0 bridgehead atoms. The Morgan fingerprint density at radius 2 is 2.00 bits per heavy atom. The Kier molecular flexibility index (Phi) is 8.04. The summed E-state index contributed by atoms with van der Waals surface area (Å²) < 4.78 is 43.4. The van der Waals surface area contributed by atoms with Crippen LogP contribution < -0.4 is 5.32 Å². The molecular formula is C19H29F3N4O. The molecule has 27 heavy (non-hydrogen) atoms. The number of nitrogens with zero attached hydrogens (tertiary/aromatic N) is 3. The Morgan fingerprint density at radius 3 is 2.56 bits per heavy atom. The van der Waals surface area contributed by atoms with Crippen LogP contribution in [0.25, 0.3) is 5.65 Å². The summed E-state index contributed by atoms with van der Waals surface area (Å²) in [7, 11) is 1.92. The molecule has 3 rings (SSSR count). The van der Waals surface area contributed by atoms with Crippen LogP contribution in [-0.4, -0.2) is 41.0 Å². The molecule has 2 aromatic rings. The molecule has 2 heterocycles. The Morgan fingerprint density at radius 1 is 1.30 bits per heavy atom. The number of hydrogen-bond donors (Lipinski definition) is 1. The second-order valence-electron chi connectivity index (χ2n) is 6.80. The molecular weight excluding hydrogens is 357 g/mol. The summed E-state index contributed by atoms with van der Waals surface area (Å²) in [6, 6.07) is 3.93. The van der Waals surface area contributed by atoms with Gasteiger partial charge in [-0.15, -0.1) is 0 Å². The maximum atomic E-state index is 11.9. The van der Waals surface area contributed by atoms with Gasteiger partial charge in [-0.3, -0.25) is 0 Å². The van der Waals surface area contributed by atoms with Crippen LogP contribution in [0.3, 0.4) is 0 Å². The van der Waals surface area contributed by atoms with E-state index in [1.54, 1.807) is 6.20 Å². The maximum absolute atomic E-state index is 11.9. The van der Waals surface area contributed by atoms with E-state index < -0.39 is 12.1 Å². The van der Waals surface area contributed by atoms with Crippen molar-refractivity contribution >= 4 is 5.65 Å². The summed E-state index contributed by atoms with van der Waals surface area (Å²) in [6.45, 7) is 5.42. The first kappa shape index (κ1) is 21.6. The van der Waals surface area contributed by atoms with Gasteiger partial charge in [0, 0.05) is 24.9 Å². The van der Waals surface area contributed by atoms with Crippen LogP contribution in [0.15, 0.2) is 18.3 Å². The van der Waals surface area contributed by atoms with Crippen LogP contribution in [0.4, 0.5) is 13.2 Å². The first-order valence-corrected chi connectivity index (χ1v) is 9.51. The Bertz CT molecular complexity index is 690. The highest BCUT2D eigenvalue weighted by atomic mass is 19.4. The van der Waals surface area contributed by atoms with Crippen LogP contribution in [0.5, 0.6) is 0 Å². The van der Waals surface area contributed by atoms with Crippen LogP contribution in [-0.2, 0) is 4.74 Å². The van der Waals surface area contributed by atoms with E-state index in [-0.39, 0.29) is 6.10 Å². The molecule has 8 heteroatoms. The fourth-order valence-corrected chi connectivity index (χ4v) is 3.36. The Labute approximate surface area is 158 Å². The third kappa shape index (κ3) is 6.17. The molecule has 0 saturated heterocycles. The molecule has 2 aromatic heterocycles. The van der Waals surface area contributed by atoms with E-state index in [9.17, 15) is 13.2 Å². The van der Waals surface area contributed by atoms with Crippen LogP contribution in [0.1, 0.15) is 56.5 Å². The number of nitrogens with one attached hydrogen (secondary N) is 1. The molecule has 1 N–H and O–H groups in total. The van der Waals surface area contributed by atoms with Gasteiger partial charge >= 0.3 is 6.18 Å². The van der Waals surface area contributed by atoms with Crippen molar-refractivity contribution in [3.63, 3.8) is 0 Å². The number of ether oxygens (including phenoxy) is 1. The van der Waals surface area contributed by atoms with Gasteiger partial charge in [0.15, 0.2) is 5.65 Å². The number of rotatable bonds is 5. The minimum atomic E-state index is -3.93. The molecule has 1 atom stereocenters. The minimum Gasteiger partial charge on any atom is -0.371 e. The van der Waals surface area contributed by atoms with Crippen molar-refractivity contribution < 1.29 is 17.9 Å². The molecule has 1 aliphatic carbocycles. The standard InChI is InChI=1S/C12H18N4O.C7H11F3/c1-4-17-11(8-13-3)10-7-9(2)15-12-5-6-14-16(10)12;8-7(9,10)6-4-2-1-3-5-6/h5-7,11,13H,4,8H2,1-3H3;6H,1-5H2. The Balaban J connectivity index is 0.000000223. The van der Waals surface area contributed by atoms with E-state index >= 15 is 0 Å². The van der Waals surface area contributed by atoms with Crippen molar-refractivity contribution in [3.8, 4) is 0 Å². The zero-order chi connectivity index (χ0) is 19.9. The largest absolute Gasteiger partial charge is 0.391 e. The van der Waals surface area contributed by atoms with Gasteiger partial charge in [-0.2, -0.15) is 18.3 Å². The predicted octanol–water partition coefficient (Wildman–Crippen LogP) is 4.46. The summed E-state index contributed by atoms with van der Waals surface area (Å²) in [5, 5.41) is 7.43. The van der Waals surface area contributed by atoms with Gasteiger partial charge in [-0.1, -0.05) is 19.3 Å². The van der Waals surface area contributed by atoms with Crippen molar-refractivity contribution in [2.45, 2.75) is 58.2 Å². The lowest BCUT2D eigenvalue weighted by molar-refractivity contribution is -0.181.